The number of amides is 1. The topological polar surface area (TPSA) is 98.6 Å². The number of rotatable bonds is 4. The number of carbonyl (C=O) groups is 1. The number of aromatic amines is 1. The van der Waals surface area contributed by atoms with Crippen molar-refractivity contribution in [1.29, 1.82) is 5.26 Å². The van der Waals surface area contributed by atoms with Gasteiger partial charge in [-0.25, -0.2) is 13.8 Å². The van der Waals surface area contributed by atoms with E-state index in [1.807, 2.05) is 6.07 Å². The van der Waals surface area contributed by atoms with E-state index in [2.05, 4.69) is 15.3 Å². The van der Waals surface area contributed by atoms with Crippen molar-refractivity contribution in [3.63, 3.8) is 0 Å². The molecule has 8 heteroatoms. The van der Waals surface area contributed by atoms with Crippen molar-refractivity contribution >= 4 is 16.8 Å². The maximum atomic E-state index is 13.9. The second-order valence-electron chi connectivity index (χ2n) is 6.38. The number of hydrogen-bond donors (Lipinski definition) is 2. The molecule has 2 aromatic heterocycles. The van der Waals surface area contributed by atoms with Crippen LogP contribution >= 0.6 is 0 Å². The van der Waals surface area contributed by atoms with E-state index in [1.165, 1.54) is 12.3 Å². The van der Waals surface area contributed by atoms with Gasteiger partial charge in [0, 0.05) is 28.8 Å². The van der Waals surface area contributed by atoms with E-state index in [0.29, 0.717) is 16.5 Å². The summed E-state index contributed by atoms with van der Waals surface area (Å²) >= 11 is 0. The van der Waals surface area contributed by atoms with Gasteiger partial charge in [-0.2, -0.15) is 5.26 Å². The van der Waals surface area contributed by atoms with Gasteiger partial charge in [-0.15, -0.1) is 0 Å². The van der Waals surface area contributed by atoms with Gasteiger partial charge in [0.05, 0.1) is 18.0 Å². The zero-order valence-electron chi connectivity index (χ0n) is 15.1. The van der Waals surface area contributed by atoms with E-state index in [0.717, 1.165) is 12.1 Å². The average molecular weight is 382 g/mol. The van der Waals surface area contributed by atoms with Crippen LogP contribution in [0.4, 0.5) is 8.78 Å². The normalized spacial score (nSPS) is 11.8. The molecule has 0 fully saturated rings. The van der Waals surface area contributed by atoms with Gasteiger partial charge < -0.3 is 10.3 Å². The number of benzene rings is 1. The van der Waals surface area contributed by atoms with Crippen LogP contribution in [0.2, 0.25) is 0 Å². The molecule has 0 aliphatic carbocycles. The highest BCUT2D eigenvalue weighted by molar-refractivity contribution is 5.88. The SMILES string of the molecule is Cc1c(CC(=O)N[C@@H](C)c2ccc(F)cc2F)c(=O)[nH]c2ccnc(C#N)c12. The maximum absolute atomic E-state index is 13.9. The second kappa shape index (κ2) is 7.56. The first-order valence-corrected chi connectivity index (χ1v) is 8.46. The van der Waals surface area contributed by atoms with Gasteiger partial charge in [-0.3, -0.25) is 9.59 Å². The molecule has 0 aliphatic heterocycles. The average Bonchev–Trinajstić information content (AvgIpc) is 2.64. The molecule has 1 aromatic carbocycles. The molecule has 6 nitrogen and oxygen atoms in total. The Kier molecular flexibility index (Phi) is 5.18. The first kappa shape index (κ1) is 19.2. The van der Waals surface area contributed by atoms with Crippen molar-refractivity contribution in [2.75, 3.05) is 0 Å². The third kappa shape index (κ3) is 3.60. The smallest absolute Gasteiger partial charge is 0.252 e. The summed E-state index contributed by atoms with van der Waals surface area (Å²) < 4.78 is 26.9. The number of nitrogens with zero attached hydrogens (tertiary/aromatic N) is 2. The number of nitriles is 1. The number of carbonyl (C=O) groups excluding carboxylic acids is 1. The van der Waals surface area contributed by atoms with Crippen LogP contribution in [0.3, 0.4) is 0 Å². The zero-order valence-corrected chi connectivity index (χ0v) is 15.1. The summed E-state index contributed by atoms with van der Waals surface area (Å²) in [6, 6.07) is 5.94. The molecule has 142 valence electrons. The number of hydrogen-bond acceptors (Lipinski definition) is 4. The van der Waals surface area contributed by atoms with Crippen molar-refractivity contribution in [2.24, 2.45) is 0 Å². The number of halogens is 2. The summed E-state index contributed by atoms with van der Waals surface area (Å²) in [7, 11) is 0. The Morgan fingerprint density at radius 2 is 2.11 bits per heavy atom. The lowest BCUT2D eigenvalue weighted by Crippen LogP contribution is -2.31. The molecule has 3 aromatic rings. The Morgan fingerprint density at radius 1 is 1.36 bits per heavy atom. The Hall–Kier alpha value is -3.60. The van der Waals surface area contributed by atoms with Crippen molar-refractivity contribution in [2.45, 2.75) is 26.3 Å². The molecule has 0 saturated heterocycles. The fourth-order valence-electron chi connectivity index (χ4n) is 3.15. The van der Waals surface area contributed by atoms with Crippen LogP contribution < -0.4 is 10.9 Å². The molecule has 0 radical (unpaired) electrons. The third-order valence-electron chi connectivity index (χ3n) is 4.55. The van der Waals surface area contributed by atoms with Gasteiger partial charge in [0.2, 0.25) is 5.91 Å². The number of nitrogens with one attached hydrogen (secondary N) is 2. The van der Waals surface area contributed by atoms with Crippen molar-refractivity contribution in [3.05, 3.63) is 74.8 Å². The van der Waals surface area contributed by atoms with Gasteiger partial charge in [0.1, 0.15) is 23.4 Å². The zero-order chi connectivity index (χ0) is 20.4. The van der Waals surface area contributed by atoms with Crippen molar-refractivity contribution in [1.82, 2.24) is 15.3 Å². The van der Waals surface area contributed by atoms with Crippen molar-refractivity contribution in [3.8, 4) is 6.07 Å². The standard InChI is InChI=1S/C20H16F2N4O2/c1-10-14(20(28)26-16-5-6-24-17(9-23)19(10)16)8-18(27)25-11(2)13-4-3-12(21)7-15(13)22/h3-7,11H,8H2,1-2H3,(H,25,27)(H,26,28)/t11-/m0/s1. The van der Waals surface area contributed by atoms with Gasteiger partial charge >= 0.3 is 0 Å². The monoisotopic (exact) mass is 382 g/mol. The lowest BCUT2D eigenvalue weighted by Gasteiger charge is -2.16. The van der Waals surface area contributed by atoms with Crippen molar-refractivity contribution < 1.29 is 13.6 Å². The Labute approximate surface area is 158 Å². The molecule has 1 amide bonds. The minimum Gasteiger partial charge on any atom is -0.349 e. The molecule has 1 atom stereocenters. The highest BCUT2D eigenvalue weighted by Gasteiger charge is 2.18. The minimum atomic E-state index is -0.766. The quantitative estimate of drug-likeness (QED) is 0.725. The summed E-state index contributed by atoms with van der Waals surface area (Å²) in [5, 5.41) is 12.3. The first-order chi connectivity index (χ1) is 13.3. The molecule has 2 N–H and O–H groups in total. The minimum absolute atomic E-state index is 0.134. The Morgan fingerprint density at radius 3 is 2.79 bits per heavy atom. The van der Waals surface area contributed by atoms with E-state index in [9.17, 15) is 23.6 Å². The lowest BCUT2D eigenvalue weighted by atomic mass is 10.0. The number of aromatic nitrogens is 2. The summed E-state index contributed by atoms with van der Waals surface area (Å²) in [6.07, 6.45) is 1.16. The lowest BCUT2D eigenvalue weighted by molar-refractivity contribution is -0.121. The molecular formula is C20H16F2N4O2. The van der Waals surface area contributed by atoms with Crippen LogP contribution in [0.25, 0.3) is 10.9 Å². The van der Waals surface area contributed by atoms with Crippen LogP contribution in [0, 0.1) is 29.9 Å². The fourth-order valence-corrected chi connectivity index (χ4v) is 3.15. The highest BCUT2D eigenvalue weighted by Crippen LogP contribution is 2.21. The Balaban J connectivity index is 1.89. The van der Waals surface area contributed by atoms with Crippen LogP contribution in [0.5, 0.6) is 0 Å². The van der Waals surface area contributed by atoms with E-state index in [-0.39, 0.29) is 23.2 Å². The summed E-state index contributed by atoms with van der Waals surface area (Å²) in [5.41, 5.74) is 0.973. The van der Waals surface area contributed by atoms with Gasteiger partial charge in [-0.1, -0.05) is 6.07 Å². The molecule has 0 saturated carbocycles. The molecule has 0 bridgehead atoms. The van der Waals surface area contributed by atoms with Gasteiger partial charge in [0.15, 0.2) is 0 Å². The third-order valence-corrected chi connectivity index (χ3v) is 4.55. The maximum Gasteiger partial charge on any atom is 0.252 e. The highest BCUT2D eigenvalue weighted by atomic mass is 19.1. The first-order valence-electron chi connectivity index (χ1n) is 8.46. The van der Waals surface area contributed by atoms with Gasteiger partial charge in [0.25, 0.3) is 5.56 Å². The van der Waals surface area contributed by atoms with Crippen LogP contribution in [-0.2, 0) is 11.2 Å². The van der Waals surface area contributed by atoms with E-state index in [4.69, 9.17) is 0 Å². The van der Waals surface area contributed by atoms with Crippen LogP contribution in [0.1, 0.15) is 35.3 Å². The number of aryl methyl sites for hydroxylation is 1. The summed E-state index contributed by atoms with van der Waals surface area (Å²) in [4.78, 5) is 31.5. The van der Waals surface area contributed by atoms with Crippen LogP contribution in [0.15, 0.2) is 35.3 Å². The van der Waals surface area contributed by atoms with Gasteiger partial charge in [-0.05, 0) is 31.5 Å². The molecular weight excluding hydrogens is 366 g/mol. The van der Waals surface area contributed by atoms with Crippen LogP contribution in [-0.4, -0.2) is 15.9 Å². The molecule has 0 unspecified atom stereocenters. The molecule has 28 heavy (non-hydrogen) atoms. The van der Waals surface area contributed by atoms with E-state index in [1.54, 1.807) is 19.9 Å². The molecule has 0 spiro atoms. The fraction of sp³-hybridized carbons (Fsp3) is 0.200. The number of fused-ring (bicyclic) bond motifs is 1. The molecule has 0 aliphatic rings. The summed E-state index contributed by atoms with van der Waals surface area (Å²) in [5.74, 6) is -1.98. The molecule has 3 rings (SSSR count). The predicted molar refractivity (Wildman–Crippen MR) is 98.4 cm³/mol. The van der Waals surface area contributed by atoms with E-state index >= 15 is 0 Å². The second-order valence-corrected chi connectivity index (χ2v) is 6.38. The largest absolute Gasteiger partial charge is 0.349 e. The van der Waals surface area contributed by atoms with E-state index < -0.39 is 29.1 Å². The number of H-pyrrole nitrogens is 1. The summed E-state index contributed by atoms with van der Waals surface area (Å²) in [6.45, 7) is 3.20. The number of pyridine rings is 2. The molecule has 2 heterocycles. The Bertz CT molecular complexity index is 1180. The predicted octanol–water partition coefficient (Wildman–Crippen LogP) is 2.80.